The van der Waals surface area contributed by atoms with Crippen LogP contribution in [0.3, 0.4) is 0 Å². The van der Waals surface area contributed by atoms with Crippen LogP contribution in [0.5, 0.6) is 0 Å². The first-order valence-corrected chi connectivity index (χ1v) is 7.98. The molecule has 4 heteroatoms. The van der Waals surface area contributed by atoms with Crippen LogP contribution in [0.2, 0.25) is 0 Å². The van der Waals surface area contributed by atoms with Gasteiger partial charge in [-0.2, -0.15) is 0 Å². The van der Waals surface area contributed by atoms with Crippen LogP contribution >= 0.6 is 0 Å². The lowest BCUT2D eigenvalue weighted by molar-refractivity contribution is -0.114. The van der Waals surface area contributed by atoms with Crippen molar-refractivity contribution in [1.29, 1.82) is 0 Å². The molecule has 3 fully saturated rings. The highest BCUT2D eigenvalue weighted by Gasteiger charge is 2.34. The smallest absolute Gasteiger partial charge is 0.221 e. The number of anilines is 1. The molecule has 0 saturated carbocycles. The topological polar surface area (TPSA) is 44.4 Å². The second-order valence-electron chi connectivity index (χ2n) is 6.44. The molecular formula is C17H25N3O. The molecule has 2 N–H and O–H groups in total. The van der Waals surface area contributed by atoms with Crippen molar-refractivity contribution in [2.45, 2.75) is 38.8 Å². The molecule has 0 aliphatic carbocycles. The van der Waals surface area contributed by atoms with E-state index >= 15 is 0 Å². The van der Waals surface area contributed by atoms with Gasteiger partial charge >= 0.3 is 0 Å². The SMILES string of the molecule is CC(=O)Nc1cccc(C(C)NC2CN3CCC2CC3)c1. The van der Waals surface area contributed by atoms with E-state index in [4.69, 9.17) is 0 Å². The van der Waals surface area contributed by atoms with Crippen LogP contribution in [0.4, 0.5) is 5.69 Å². The summed E-state index contributed by atoms with van der Waals surface area (Å²) in [5.74, 6) is 0.807. The quantitative estimate of drug-likeness (QED) is 0.893. The van der Waals surface area contributed by atoms with Gasteiger partial charge < -0.3 is 15.5 Å². The van der Waals surface area contributed by atoms with Crippen molar-refractivity contribution in [3.63, 3.8) is 0 Å². The lowest BCUT2D eigenvalue weighted by Crippen LogP contribution is -2.56. The van der Waals surface area contributed by atoms with Crippen molar-refractivity contribution < 1.29 is 4.79 Å². The fraction of sp³-hybridized carbons (Fsp3) is 0.588. The predicted octanol–water partition coefficient (Wildman–Crippen LogP) is 2.39. The van der Waals surface area contributed by atoms with Gasteiger partial charge in [0.1, 0.15) is 0 Å². The van der Waals surface area contributed by atoms with E-state index in [1.165, 1.54) is 38.0 Å². The van der Waals surface area contributed by atoms with Gasteiger partial charge in [0.25, 0.3) is 0 Å². The molecule has 3 aliphatic rings. The molecule has 4 rings (SSSR count). The minimum atomic E-state index is -0.0230. The molecule has 3 heterocycles. The monoisotopic (exact) mass is 287 g/mol. The van der Waals surface area contributed by atoms with Gasteiger partial charge in [-0.15, -0.1) is 0 Å². The van der Waals surface area contributed by atoms with Gasteiger partial charge in [0.05, 0.1) is 0 Å². The zero-order valence-electron chi connectivity index (χ0n) is 12.9. The molecule has 0 radical (unpaired) electrons. The molecule has 1 amide bonds. The second kappa shape index (κ2) is 6.16. The molecule has 1 aromatic carbocycles. The van der Waals surface area contributed by atoms with Crippen LogP contribution in [0, 0.1) is 5.92 Å². The Hall–Kier alpha value is -1.39. The van der Waals surface area contributed by atoms with E-state index in [1.54, 1.807) is 6.92 Å². The number of carbonyl (C=O) groups excluding carboxylic acids is 1. The van der Waals surface area contributed by atoms with Crippen molar-refractivity contribution in [1.82, 2.24) is 10.2 Å². The summed E-state index contributed by atoms with van der Waals surface area (Å²) in [4.78, 5) is 13.7. The first kappa shape index (κ1) is 14.5. The Balaban J connectivity index is 1.65. The molecule has 2 atom stereocenters. The van der Waals surface area contributed by atoms with E-state index in [2.05, 4.69) is 34.6 Å². The number of nitrogens with zero attached hydrogens (tertiary/aromatic N) is 1. The first-order valence-electron chi connectivity index (χ1n) is 7.98. The van der Waals surface area contributed by atoms with Gasteiger partial charge in [-0.3, -0.25) is 4.79 Å². The first-order chi connectivity index (χ1) is 10.1. The number of benzene rings is 1. The summed E-state index contributed by atoms with van der Waals surface area (Å²) in [6.07, 6.45) is 2.66. The van der Waals surface area contributed by atoms with Crippen LogP contribution in [-0.2, 0) is 4.79 Å². The summed E-state index contributed by atoms with van der Waals surface area (Å²) in [7, 11) is 0. The third kappa shape index (κ3) is 3.44. The second-order valence-corrected chi connectivity index (χ2v) is 6.44. The molecule has 0 spiro atoms. The molecule has 4 nitrogen and oxygen atoms in total. The Kier molecular flexibility index (Phi) is 4.27. The average molecular weight is 287 g/mol. The molecule has 2 unspecified atom stereocenters. The van der Waals surface area contributed by atoms with E-state index < -0.39 is 0 Å². The van der Waals surface area contributed by atoms with Crippen molar-refractivity contribution >= 4 is 11.6 Å². The summed E-state index contributed by atoms with van der Waals surface area (Å²) >= 11 is 0. The fourth-order valence-corrected chi connectivity index (χ4v) is 3.66. The highest BCUT2D eigenvalue weighted by molar-refractivity contribution is 5.88. The number of rotatable bonds is 4. The van der Waals surface area contributed by atoms with Crippen molar-refractivity contribution in [3.8, 4) is 0 Å². The Morgan fingerprint density at radius 3 is 2.71 bits per heavy atom. The maximum atomic E-state index is 11.2. The third-order valence-electron chi connectivity index (χ3n) is 4.83. The number of piperidine rings is 3. The average Bonchev–Trinajstić information content (AvgIpc) is 2.48. The number of amides is 1. The molecule has 1 aromatic rings. The van der Waals surface area contributed by atoms with Crippen LogP contribution in [0.15, 0.2) is 24.3 Å². The van der Waals surface area contributed by atoms with Gasteiger partial charge in [-0.1, -0.05) is 12.1 Å². The molecule has 3 saturated heterocycles. The van der Waals surface area contributed by atoms with E-state index in [-0.39, 0.29) is 5.91 Å². The summed E-state index contributed by atoms with van der Waals surface area (Å²) in [6.45, 7) is 7.48. The zero-order chi connectivity index (χ0) is 14.8. The highest BCUT2D eigenvalue weighted by Crippen LogP contribution is 2.29. The highest BCUT2D eigenvalue weighted by atomic mass is 16.1. The number of fused-ring (bicyclic) bond motifs is 3. The zero-order valence-corrected chi connectivity index (χ0v) is 12.9. The number of carbonyl (C=O) groups is 1. The Morgan fingerprint density at radius 1 is 1.33 bits per heavy atom. The summed E-state index contributed by atoms with van der Waals surface area (Å²) < 4.78 is 0. The molecule has 21 heavy (non-hydrogen) atoms. The predicted molar refractivity (Wildman–Crippen MR) is 85.2 cm³/mol. The largest absolute Gasteiger partial charge is 0.326 e. The number of hydrogen-bond donors (Lipinski definition) is 2. The summed E-state index contributed by atoms with van der Waals surface area (Å²) in [5.41, 5.74) is 2.11. The van der Waals surface area contributed by atoms with Crippen LogP contribution in [-0.4, -0.2) is 36.5 Å². The molecule has 3 aliphatic heterocycles. The van der Waals surface area contributed by atoms with Crippen molar-refractivity contribution in [2.24, 2.45) is 5.92 Å². The molecular weight excluding hydrogens is 262 g/mol. The van der Waals surface area contributed by atoms with Crippen LogP contribution in [0.25, 0.3) is 0 Å². The van der Waals surface area contributed by atoms with Gasteiger partial charge in [0.15, 0.2) is 0 Å². The van der Waals surface area contributed by atoms with Gasteiger partial charge in [-0.05, 0) is 56.5 Å². The van der Waals surface area contributed by atoms with E-state index in [9.17, 15) is 4.79 Å². The van der Waals surface area contributed by atoms with E-state index in [1.807, 2.05) is 12.1 Å². The summed E-state index contributed by atoms with van der Waals surface area (Å²) in [5, 5.41) is 6.65. The van der Waals surface area contributed by atoms with Gasteiger partial charge in [0.2, 0.25) is 5.91 Å². The maximum absolute atomic E-state index is 11.2. The van der Waals surface area contributed by atoms with E-state index in [0.717, 1.165) is 11.6 Å². The van der Waals surface area contributed by atoms with Crippen LogP contribution < -0.4 is 10.6 Å². The number of hydrogen-bond acceptors (Lipinski definition) is 3. The minimum Gasteiger partial charge on any atom is -0.326 e. The lowest BCUT2D eigenvalue weighted by Gasteiger charge is -2.46. The Labute approximate surface area is 126 Å². The van der Waals surface area contributed by atoms with E-state index in [0.29, 0.717) is 12.1 Å². The Morgan fingerprint density at radius 2 is 2.10 bits per heavy atom. The van der Waals surface area contributed by atoms with Gasteiger partial charge in [0, 0.05) is 31.2 Å². The minimum absolute atomic E-state index is 0.0230. The maximum Gasteiger partial charge on any atom is 0.221 e. The standard InChI is InChI=1S/C17H25N3O/c1-12(15-4-3-5-16(10-15)19-13(2)21)18-17-11-20-8-6-14(17)7-9-20/h3-5,10,12,14,17-18H,6-9,11H2,1-2H3,(H,19,21). The third-order valence-corrected chi connectivity index (χ3v) is 4.83. The Bertz CT molecular complexity index is 509. The molecule has 114 valence electrons. The fourth-order valence-electron chi connectivity index (χ4n) is 3.66. The van der Waals surface area contributed by atoms with Crippen molar-refractivity contribution in [2.75, 3.05) is 25.0 Å². The van der Waals surface area contributed by atoms with Gasteiger partial charge in [-0.25, -0.2) is 0 Å². The van der Waals surface area contributed by atoms with Crippen molar-refractivity contribution in [3.05, 3.63) is 29.8 Å². The van der Waals surface area contributed by atoms with Crippen LogP contribution in [0.1, 0.15) is 38.3 Å². The molecule has 0 aromatic heterocycles. The molecule has 2 bridgehead atoms. The normalized spacial score (nSPS) is 29.1. The lowest BCUT2D eigenvalue weighted by atomic mass is 9.83. The number of nitrogens with one attached hydrogen (secondary N) is 2. The summed E-state index contributed by atoms with van der Waals surface area (Å²) in [6, 6.07) is 9.06.